The monoisotopic (exact) mass is 410 g/mol. The van der Waals surface area contributed by atoms with Crippen molar-refractivity contribution in [3.05, 3.63) is 82.1 Å². The number of hydrogen-bond donors (Lipinski definition) is 1. The van der Waals surface area contributed by atoms with Gasteiger partial charge in [0.05, 0.1) is 12.7 Å². The van der Waals surface area contributed by atoms with Crippen molar-refractivity contribution in [1.29, 1.82) is 0 Å². The highest BCUT2D eigenvalue weighted by atomic mass is 79.9. The van der Waals surface area contributed by atoms with Crippen molar-refractivity contribution in [3.8, 4) is 16.9 Å². The normalized spacial score (nSPS) is 11.8. The zero-order valence-corrected chi connectivity index (χ0v) is 16.2. The molecule has 0 radical (unpaired) electrons. The summed E-state index contributed by atoms with van der Waals surface area (Å²) in [7, 11) is 1.57. The maximum absolute atomic E-state index is 11.9. The summed E-state index contributed by atoms with van der Waals surface area (Å²) in [6.45, 7) is 2.09. The molecule has 0 fully saturated rings. The van der Waals surface area contributed by atoms with E-state index >= 15 is 0 Å². The molecule has 0 unspecified atom stereocenters. The van der Waals surface area contributed by atoms with E-state index in [4.69, 9.17) is 10.5 Å². The van der Waals surface area contributed by atoms with E-state index in [1.807, 2.05) is 30.3 Å². The fourth-order valence-corrected chi connectivity index (χ4v) is 3.41. The fraction of sp³-hybridized carbons (Fsp3) is 0.143. The first-order chi connectivity index (χ1) is 12.5. The van der Waals surface area contributed by atoms with Gasteiger partial charge in [0.15, 0.2) is 0 Å². The number of benzene rings is 2. The summed E-state index contributed by atoms with van der Waals surface area (Å²) in [5.41, 5.74) is 9.99. The summed E-state index contributed by atoms with van der Waals surface area (Å²) in [6.07, 6.45) is 3.50. The molecule has 0 bridgehead atoms. The summed E-state index contributed by atoms with van der Waals surface area (Å²) in [4.78, 5) is 16.0. The maximum Gasteiger partial charge on any atom is 0.252 e. The number of ether oxygens (including phenoxy) is 1. The van der Waals surface area contributed by atoms with Crippen molar-refractivity contribution in [3.63, 3.8) is 0 Å². The van der Waals surface area contributed by atoms with Crippen molar-refractivity contribution in [2.45, 2.75) is 12.8 Å². The van der Waals surface area contributed by atoms with Gasteiger partial charge in [-0.1, -0.05) is 41.1 Å². The van der Waals surface area contributed by atoms with Crippen LogP contribution in [0.1, 0.15) is 34.3 Å². The molecule has 0 aliphatic rings. The molecule has 3 rings (SSSR count). The Morgan fingerprint density at radius 3 is 2.31 bits per heavy atom. The molecule has 2 aromatic carbocycles. The third kappa shape index (κ3) is 3.48. The van der Waals surface area contributed by atoms with Gasteiger partial charge in [0.25, 0.3) is 5.91 Å². The van der Waals surface area contributed by atoms with Gasteiger partial charge in [-0.25, -0.2) is 0 Å². The number of primary amides is 1. The number of methoxy groups -OCH3 is 1. The van der Waals surface area contributed by atoms with Crippen molar-refractivity contribution >= 4 is 21.8 Å². The molecule has 0 saturated heterocycles. The molecule has 0 saturated carbocycles. The van der Waals surface area contributed by atoms with Crippen LogP contribution in [0.3, 0.4) is 0 Å². The van der Waals surface area contributed by atoms with Crippen molar-refractivity contribution in [1.82, 2.24) is 4.98 Å². The smallest absolute Gasteiger partial charge is 0.252 e. The number of carbonyl (C=O) groups is 1. The lowest BCUT2D eigenvalue weighted by molar-refractivity contribution is 0.0997. The van der Waals surface area contributed by atoms with Crippen molar-refractivity contribution in [2.24, 2.45) is 5.73 Å². The SMILES string of the molecule is COc1c(C(N)=O)ccc(-c2ccncc2)c1[C@@H](C)c1ccc(Br)cc1. The average molecular weight is 411 g/mol. The van der Waals surface area contributed by atoms with Crippen LogP contribution in [0.5, 0.6) is 5.75 Å². The Bertz CT molecular complexity index is 925. The lowest BCUT2D eigenvalue weighted by Gasteiger charge is -2.22. The van der Waals surface area contributed by atoms with Crippen LogP contribution in [0.15, 0.2) is 65.4 Å². The number of hydrogen-bond acceptors (Lipinski definition) is 3. The standard InChI is InChI=1S/C21H19BrN2O2/c1-13(14-3-5-16(22)6-4-14)19-17(15-9-11-24-12-10-15)7-8-18(21(23)25)20(19)26-2/h3-13H,1-2H3,(H2,23,25)/t13-/m0/s1. The molecule has 0 aliphatic heterocycles. The van der Waals surface area contributed by atoms with Gasteiger partial charge in [0.1, 0.15) is 5.75 Å². The van der Waals surface area contributed by atoms with Gasteiger partial charge in [-0.2, -0.15) is 0 Å². The highest BCUT2D eigenvalue weighted by Crippen LogP contribution is 2.41. The Kier molecular flexibility index (Phi) is 5.38. The van der Waals surface area contributed by atoms with Crippen LogP contribution < -0.4 is 10.5 Å². The first-order valence-corrected chi connectivity index (χ1v) is 8.98. The Morgan fingerprint density at radius 2 is 1.73 bits per heavy atom. The number of amides is 1. The molecule has 1 amide bonds. The number of nitrogens with zero attached hydrogens (tertiary/aromatic N) is 1. The van der Waals surface area contributed by atoms with Crippen LogP contribution in [-0.4, -0.2) is 18.0 Å². The zero-order chi connectivity index (χ0) is 18.7. The Morgan fingerprint density at radius 1 is 1.08 bits per heavy atom. The second kappa shape index (κ2) is 7.70. The van der Waals surface area contributed by atoms with E-state index in [0.29, 0.717) is 11.3 Å². The Labute approximate surface area is 161 Å². The number of carbonyl (C=O) groups excluding carboxylic acids is 1. The Balaban J connectivity index is 2.26. The van der Waals surface area contributed by atoms with Crippen LogP contribution in [0, 0.1) is 0 Å². The first-order valence-electron chi connectivity index (χ1n) is 8.19. The maximum atomic E-state index is 11.9. The molecule has 26 heavy (non-hydrogen) atoms. The molecular weight excluding hydrogens is 392 g/mol. The fourth-order valence-electron chi connectivity index (χ4n) is 3.14. The van der Waals surface area contributed by atoms with Crippen LogP contribution in [0.4, 0.5) is 0 Å². The van der Waals surface area contributed by atoms with Crippen LogP contribution in [0.2, 0.25) is 0 Å². The van der Waals surface area contributed by atoms with Gasteiger partial charge in [-0.15, -0.1) is 0 Å². The lowest BCUT2D eigenvalue weighted by Crippen LogP contribution is -2.15. The van der Waals surface area contributed by atoms with E-state index in [1.165, 1.54) is 0 Å². The minimum atomic E-state index is -0.507. The summed E-state index contributed by atoms with van der Waals surface area (Å²) in [6, 6.07) is 15.6. The zero-order valence-electron chi connectivity index (χ0n) is 14.6. The third-order valence-corrected chi connectivity index (χ3v) is 4.99. The second-order valence-electron chi connectivity index (χ2n) is 5.98. The van der Waals surface area contributed by atoms with Crippen LogP contribution in [-0.2, 0) is 0 Å². The molecule has 2 N–H and O–H groups in total. The van der Waals surface area contributed by atoms with Gasteiger partial charge in [0, 0.05) is 28.3 Å². The van der Waals surface area contributed by atoms with Gasteiger partial charge in [-0.3, -0.25) is 9.78 Å². The molecule has 0 aliphatic carbocycles. The minimum Gasteiger partial charge on any atom is -0.496 e. The van der Waals surface area contributed by atoms with Gasteiger partial charge in [-0.05, 0) is 47.0 Å². The molecule has 1 heterocycles. The largest absolute Gasteiger partial charge is 0.496 e. The highest BCUT2D eigenvalue weighted by molar-refractivity contribution is 9.10. The topological polar surface area (TPSA) is 65.2 Å². The molecule has 4 nitrogen and oxygen atoms in total. The quantitative estimate of drug-likeness (QED) is 0.658. The van der Waals surface area contributed by atoms with E-state index in [2.05, 4.69) is 40.0 Å². The van der Waals surface area contributed by atoms with E-state index < -0.39 is 5.91 Å². The predicted molar refractivity (Wildman–Crippen MR) is 106 cm³/mol. The lowest BCUT2D eigenvalue weighted by atomic mass is 9.85. The number of halogens is 1. The molecule has 5 heteroatoms. The number of pyridine rings is 1. The predicted octanol–water partition coefficient (Wildman–Crippen LogP) is 4.77. The number of nitrogens with two attached hydrogens (primary N) is 1. The van der Waals surface area contributed by atoms with E-state index in [9.17, 15) is 4.79 Å². The van der Waals surface area contributed by atoms with Gasteiger partial charge < -0.3 is 10.5 Å². The van der Waals surface area contributed by atoms with Crippen molar-refractivity contribution < 1.29 is 9.53 Å². The molecule has 3 aromatic rings. The van der Waals surface area contributed by atoms with Gasteiger partial charge in [0.2, 0.25) is 0 Å². The summed E-state index contributed by atoms with van der Waals surface area (Å²) >= 11 is 3.47. The molecule has 132 valence electrons. The number of rotatable bonds is 5. The highest BCUT2D eigenvalue weighted by Gasteiger charge is 2.23. The van der Waals surface area contributed by atoms with E-state index in [1.54, 1.807) is 25.6 Å². The Hall–Kier alpha value is -2.66. The third-order valence-electron chi connectivity index (χ3n) is 4.46. The van der Waals surface area contributed by atoms with Gasteiger partial charge >= 0.3 is 0 Å². The second-order valence-corrected chi connectivity index (χ2v) is 6.90. The summed E-state index contributed by atoms with van der Waals surface area (Å²) in [5, 5.41) is 0. The van der Waals surface area contributed by atoms with Crippen LogP contribution in [0.25, 0.3) is 11.1 Å². The molecule has 1 aromatic heterocycles. The van der Waals surface area contributed by atoms with E-state index in [0.717, 1.165) is 26.7 Å². The minimum absolute atomic E-state index is 0.000477. The summed E-state index contributed by atoms with van der Waals surface area (Å²) < 4.78 is 6.66. The average Bonchev–Trinajstić information content (AvgIpc) is 2.67. The first kappa shape index (κ1) is 18.1. The number of aromatic nitrogens is 1. The molecule has 0 spiro atoms. The van der Waals surface area contributed by atoms with Crippen LogP contribution >= 0.6 is 15.9 Å². The summed E-state index contributed by atoms with van der Waals surface area (Å²) in [5.74, 6) is 0.00938. The van der Waals surface area contributed by atoms with E-state index in [-0.39, 0.29) is 5.92 Å². The molecule has 1 atom stereocenters. The van der Waals surface area contributed by atoms with Crippen molar-refractivity contribution in [2.75, 3.05) is 7.11 Å². The molecular formula is C21H19BrN2O2.